The van der Waals surface area contributed by atoms with Crippen LogP contribution in [0.1, 0.15) is 11.8 Å². The minimum atomic E-state index is -3.13. The van der Waals surface area contributed by atoms with Crippen LogP contribution in [0.15, 0.2) is 12.1 Å². The lowest BCUT2D eigenvalue weighted by atomic mass is 10.2. The van der Waals surface area contributed by atoms with Gasteiger partial charge in [-0.05, 0) is 18.6 Å². The van der Waals surface area contributed by atoms with Crippen LogP contribution >= 0.6 is 22.9 Å². The van der Waals surface area contributed by atoms with E-state index in [1.54, 1.807) is 0 Å². The van der Waals surface area contributed by atoms with Gasteiger partial charge in [-0.1, -0.05) is 6.92 Å². The summed E-state index contributed by atoms with van der Waals surface area (Å²) in [6.45, 7) is 2.04. The minimum absolute atomic E-state index is 0.0848. The molecule has 0 aromatic carbocycles. The van der Waals surface area contributed by atoms with E-state index < -0.39 is 27.3 Å². The molecule has 8 heteroatoms. The van der Waals surface area contributed by atoms with E-state index in [-0.39, 0.29) is 11.5 Å². The van der Waals surface area contributed by atoms with Crippen LogP contribution in [0.25, 0.3) is 0 Å². The first-order valence-electron chi connectivity index (χ1n) is 5.90. The number of nitrogens with one attached hydrogen (secondary N) is 2. The summed E-state index contributed by atoms with van der Waals surface area (Å²) in [4.78, 5) is 12.9. The number of carbonyl (C=O) groups excluding carboxylic acids is 1. The van der Waals surface area contributed by atoms with Crippen molar-refractivity contribution in [3.63, 3.8) is 0 Å². The number of hydrogen-bond donors (Lipinski definition) is 2. The standard InChI is InChI=1S/C11H15ClN2O3S2/c1-2-7-3-4-10(18-7)14-11(15)13-9-6-19(16,17)5-8(9)12/h3-4,8-9H,2,5-6H2,1H3,(H2,13,14,15)/t8-,9+/m1/s1. The third-order valence-electron chi connectivity index (χ3n) is 2.85. The van der Waals surface area contributed by atoms with E-state index in [2.05, 4.69) is 10.6 Å². The van der Waals surface area contributed by atoms with E-state index in [1.165, 1.54) is 16.2 Å². The summed E-state index contributed by atoms with van der Waals surface area (Å²) in [7, 11) is -3.13. The topological polar surface area (TPSA) is 75.3 Å². The first-order chi connectivity index (χ1) is 8.89. The molecular weight excluding hydrogens is 308 g/mol. The fraction of sp³-hybridized carbons (Fsp3) is 0.545. The second-order valence-corrected chi connectivity index (χ2v) is 8.30. The summed E-state index contributed by atoms with van der Waals surface area (Å²) in [6.07, 6.45) is 0.915. The Morgan fingerprint density at radius 3 is 2.74 bits per heavy atom. The maximum absolute atomic E-state index is 11.8. The van der Waals surface area contributed by atoms with Crippen LogP contribution in [0.5, 0.6) is 0 Å². The van der Waals surface area contributed by atoms with Crippen LogP contribution in [0, 0.1) is 0 Å². The van der Waals surface area contributed by atoms with E-state index in [0.717, 1.165) is 11.4 Å². The van der Waals surface area contributed by atoms with Gasteiger partial charge in [-0.15, -0.1) is 22.9 Å². The van der Waals surface area contributed by atoms with E-state index >= 15 is 0 Å². The van der Waals surface area contributed by atoms with Gasteiger partial charge in [0, 0.05) is 4.88 Å². The predicted molar refractivity (Wildman–Crippen MR) is 77.9 cm³/mol. The zero-order valence-corrected chi connectivity index (χ0v) is 12.7. The molecule has 0 saturated carbocycles. The van der Waals surface area contributed by atoms with Crippen molar-refractivity contribution in [2.24, 2.45) is 0 Å². The molecule has 19 heavy (non-hydrogen) atoms. The van der Waals surface area contributed by atoms with Crippen LogP contribution in [0.2, 0.25) is 0 Å². The van der Waals surface area contributed by atoms with Crippen molar-refractivity contribution < 1.29 is 13.2 Å². The molecule has 1 aromatic rings. The lowest BCUT2D eigenvalue weighted by molar-refractivity contribution is 0.249. The number of sulfone groups is 1. The molecule has 1 saturated heterocycles. The number of urea groups is 1. The second-order valence-electron chi connectivity index (χ2n) is 4.42. The van der Waals surface area contributed by atoms with Gasteiger partial charge in [-0.3, -0.25) is 5.32 Å². The first kappa shape index (κ1) is 14.6. The van der Waals surface area contributed by atoms with Crippen molar-refractivity contribution >= 4 is 43.8 Å². The Kier molecular flexibility index (Phi) is 4.37. The van der Waals surface area contributed by atoms with Gasteiger partial charge in [0.25, 0.3) is 0 Å². The molecular formula is C11H15ClN2O3S2. The van der Waals surface area contributed by atoms with Gasteiger partial charge in [-0.25, -0.2) is 13.2 Å². The Balaban J connectivity index is 1.91. The number of aryl methyl sites for hydroxylation is 1. The summed E-state index contributed by atoms with van der Waals surface area (Å²) in [5, 5.41) is 5.46. The molecule has 1 aromatic heterocycles. The number of carbonyl (C=O) groups is 1. The molecule has 0 aliphatic carbocycles. The predicted octanol–water partition coefficient (Wildman–Crippen LogP) is 1.84. The quantitative estimate of drug-likeness (QED) is 0.834. The lowest BCUT2D eigenvalue weighted by Crippen LogP contribution is -2.42. The monoisotopic (exact) mass is 322 g/mol. The number of alkyl halides is 1. The Labute approximate surface area is 121 Å². The van der Waals surface area contributed by atoms with Crippen molar-refractivity contribution in [3.05, 3.63) is 17.0 Å². The normalized spacial score (nSPS) is 25.2. The summed E-state index contributed by atoms with van der Waals surface area (Å²) in [6, 6.07) is 2.83. The molecule has 2 amide bonds. The number of rotatable bonds is 3. The van der Waals surface area contributed by atoms with Gasteiger partial charge in [0.15, 0.2) is 9.84 Å². The first-order valence-corrected chi connectivity index (χ1v) is 8.98. The second kappa shape index (κ2) is 5.68. The fourth-order valence-corrected chi connectivity index (χ4v) is 5.28. The van der Waals surface area contributed by atoms with Crippen LogP contribution in [0.4, 0.5) is 9.80 Å². The zero-order chi connectivity index (χ0) is 14.0. The Bertz CT molecular complexity index is 570. The van der Waals surface area contributed by atoms with Crippen molar-refractivity contribution in [3.8, 4) is 0 Å². The highest BCUT2D eigenvalue weighted by Gasteiger charge is 2.37. The van der Waals surface area contributed by atoms with Crippen molar-refractivity contribution in [2.75, 3.05) is 16.8 Å². The number of anilines is 1. The van der Waals surface area contributed by atoms with Crippen LogP contribution in [-0.4, -0.2) is 37.4 Å². The largest absolute Gasteiger partial charge is 0.333 e. The maximum Gasteiger partial charge on any atom is 0.320 e. The third kappa shape index (κ3) is 3.84. The molecule has 1 aliphatic heterocycles. The molecule has 106 valence electrons. The van der Waals surface area contributed by atoms with Gasteiger partial charge in [0.05, 0.1) is 27.9 Å². The fourth-order valence-electron chi connectivity index (χ4n) is 1.89. The average molecular weight is 323 g/mol. The van der Waals surface area contributed by atoms with E-state index in [1.807, 2.05) is 19.1 Å². The highest BCUT2D eigenvalue weighted by molar-refractivity contribution is 7.91. The molecule has 2 atom stereocenters. The Morgan fingerprint density at radius 1 is 1.47 bits per heavy atom. The van der Waals surface area contributed by atoms with Gasteiger partial charge < -0.3 is 5.32 Å². The summed E-state index contributed by atoms with van der Waals surface area (Å²) >= 11 is 7.41. The average Bonchev–Trinajstić information content (AvgIpc) is 2.83. The molecule has 0 spiro atoms. The minimum Gasteiger partial charge on any atom is -0.333 e. The highest BCUT2D eigenvalue weighted by atomic mass is 35.5. The molecule has 0 bridgehead atoms. The van der Waals surface area contributed by atoms with Crippen LogP contribution in [-0.2, 0) is 16.3 Å². The SMILES string of the molecule is CCc1ccc(NC(=O)N[C@H]2CS(=O)(=O)C[C@H]2Cl)s1. The summed E-state index contributed by atoms with van der Waals surface area (Å²) < 4.78 is 22.8. The van der Waals surface area contributed by atoms with Crippen LogP contribution < -0.4 is 10.6 Å². The van der Waals surface area contributed by atoms with Crippen LogP contribution in [0.3, 0.4) is 0 Å². The number of halogens is 1. The highest BCUT2D eigenvalue weighted by Crippen LogP contribution is 2.22. The molecule has 1 aliphatic rings. The number of amides is 2. The van der Waals surface area contributed by atoms with E-state index in [0.29, 0.717) is 0 Å². The van der Waals surface area contributed by atoms with Gasteiger partial charge in [0.2, 0.25) is 0 Å². The lowest BCUT2D eigenvalue weighted by Gasteiger charge is -2.14. The number of thiophene rings is 1. The van der Waals surface area contributed by atoms with E-state index in [9.17, 15) is 13.2 Å². The summed E-state index contributed by atoms with van der Waals surface area (Å²) in [5.41, 5.74) is 0. The molecule has 2 heterocycles. The van der Waals surface area contributed by atoms with E-state index in [4.69, 9.17) is 11.6 Å². The third-order valence-corrected chi connectivity index (χ3v) is 6.37. The molecule has 1 fully saturated rings. The Hall–Kier alpha value is -0.790. The maximum atomic E-state index is 11.8. The van der Waals surface area contributed by atoms with Gasteiger partial charge in [-0.2, -0.15) is 0 Å². The van der Waals surface area contributed by atoms with Crippen molar-refractivity contribution in [1.82, 2.24) is 5.32 Å². The molecule has 0 radical (unpaired) electrons. The molecule has 0 unspecified atom stereocenters. The molecule has 2 N–H and O–H groups in total. The Morgan fingerprint density at radius 2 is 2.21 bits per heavy atom. The van der Waals surface area contributed by atoms with Gasteiger partial charge >= 0.3 is 6.03 Å². The smallest absolute Gasteiger partial charge is 0.320 e. The van der Waals surface area contributed by atoms with Gasteiger partial charge in [0.1, 0.15) is 0 Å². The van der Waals surface area contributed by atoms with Crippen molar-refractivity contribution in [1.29, 1.82) is 0 Å². The molecule has 5 nitrogen and oxygen atoms in total. The summed E-state index contributed by atoms with van der Waals surface area (Å²) in [5.74, 6) is -0.183. The van der Waals surface area contributed by atoms with Crippen molar-refractivity contribution in [2.45, 2.75) is 24.8 Å². The molecule has 2 rings (SSSR count). The zero-order valence-electron chi connectivity index (χ0n) is 10.3. The number of hydrogen-bond acceptors (Lipinski definition) is 4.